The molecule has 0 saturated carbocycles. The molecule has 2 N–H and O–H groups in total. The first kappa shape index (κ1) is 14.0. The van der Waals surface area contributed by atoms with Gasteiger partial charge in [-0.05, 0) is 6.92 Å². The Morgan fingerprint density at radius 1 is 1.21 bits per heavy atom. The molecule has 0 aliphatic heterocycles. The van der Waals surface area contributed by atoms with Crippen LogP contribution in [-0.2, 0) is 23.2 Å². The van der Waals surface area contributed by atoms with Crippen molar-refractivity contribution in [2.45, 2.75) is 13.8 Å². The smallest absolute Gasteiger partial charge is 0.332 e. The monoisotopic (exact) mass is 227 g/mol. The normalized spacial score (nSPS) is 15.4. The second kappa shape index (κ2) is 8.35. The molecular weight excluding hydrogens is 209 g/mol. The van der Waals surface area contributed by atoms with Crippen molar-refractivity contribution in [2.75, 3.05) is 32.8 Å². The summed E-state index contributed by atoms with van der Waals surface area (Å²) < 4.78 is 26.5. The van der Waals surface area contributed by atoms with E-state index in [1.165, 1.54) is 0 Å². The van der Waals surface area contributed by atoms with Gasteiger partial charge in [-0.1, -0.05) is 6.92 Å². The Bertz CT molecular complexity index is 177. The minimum absolute atomic E-state index is 0.0749. The zero-order valence-electron chi connectivity index (χ0n) is 8.60. The van der Waals surface area contributed by atoms with E-state index in [-0.39, 0.29) is 13.4 Å². The Hall–Kier alpha value is 0.0300. The van der Waals surface area contributed by atoms with E-state index in [1.807, 2.05) is 0 Å². The van der Waals surface area contributed by atoms with Crippen molar-refractivity contribution in [1.29, 1.82) is 0 Å². The van der Waals surface area contributed by atoms with Crippen LogP contribution >= 0.6 is 7.60 Å². The minimum Gasteiger partial charge on any atom is -0.352 e. The third-order valence-electron chi connectivity index (χ3n) is 1.39. The lowest BCUT2D eigenvalue weighted by molar-refractivity contribution is -0.0232. The molecule has 0 fully saturated rings. The van der Waals surface area contributed by atoms with Gasteiger partial charge in [-0.25, -0.2) is 5.90 Å². The maximum absolute atomic E-state index is 11.6. The van der Waals surface area contributed by atoms with Crippen LogP contribution in [0, 0.1) is 0 Å². The molecular formula is C7H18NO5P. The first-order valence-electron chi connectivity index (χ1n) is 4.46. The molecule has 0 spiro atoms. The van der Waals surface area contributed by atoms with Crippen LogP contribution in [0.15, 0.2) is 0 Å². The van der Waals surface area contributed by atoms with Crippen LogP contribution in [0.2, 0.25) is 0 Å². The van der Waals surface area contributed by atoms with Crippen molar-refractivity contribution in [3.8, 4) is 0 Å². The highest BCUT2D eigenvalue weighted by atomic mass is 31.2. The van der Waals surface area contributed by atoms with Crippen molar-refractivity contribution in [2.24, 2.45) is 5.90 Å². The molecule has 0 aliphatic carbocycles. The molecule has 0 radical (unpaired) electrons. The van der Waals surface area contributed by atoms with Gasteiger partial charge in [0.15, 0.2) is 6.79 Å². The number of rotatable bonds is 9. The predicted molar refractivity (Wildman–Crippen MR) is 51.8 cm³/mol. The van der Waals surface area contributed by atoms with E-state index in [0.29, 0.717) is 19.4 Å². The Balaban J connectivity index is 3.57. The van der Waals surface area contributed by atoms with Gasteiger partial charge in [0, 0.05) is 6.16 Å². The predicted octanol–water partition coefficient (Wildman–Crippen LogP) is 1.12. The third kappa shape index (κ3) is 6.48. The molecule has 0 saturated heterocycles. The lowest BCUT2D eigenvalue weighted by Gasteiger charge is -2.15. The van der Waals surface area contributed by atoms with E-state index in [4.69, 9.17) is 19.7 Å². The van der Waals surface area contributed by atoms with Gasteiger partial charge >= 0.3 is 7.60 Å². The fraction of sp³-hybridized carbons (Fsp3) is 1.00. The van der Waals surface area contributed by atoms with Crippen molar-refractivity contribution >= 4 is 7.60 Å². The summed E-state index contributed by atoms with van der Waals surface area (Å²) in [5.74, 6) is 4.77. The van der Waals surface area contributed by atoms with Crippen LogP contribution in [0.25, 0.3) is 0 Å². The van der Waals surface area contributed by atoms with Crippen LogP contribution in [-0.4, -0.2) is 32.8 Å². The second-order valence-corrected chi connectivity index (χ2v) is 4.74. The van der Waals surface area contributed by atoms with Crippen molar-refractivity contribution in [1.82, 2.24) is 0 Å². The van der Waals surface area contributed by atoms with Gasteiger partial charge in [0.2, 0.25) is 0 Å². The molecule has 6 nitrogen and oxygen atoms in total. The summed E-state index contributed by atoms with van der Waals surface area (Å²) >= 11 is 0. The van der Waals surface area contributed by atoms with Crippen molar-refractivity contribution in [3.05, 3.63) is 0 Å². The van der Waals surface area contributed by atoms with Crippen LogP contribution in [0.5, 0.6) is 0 Å². The Morgan fingerprint density at radius 3 is 2.43 bits per heavy atom. The third-order valence-corrected chi connectivity index (χ3v) is 3.32. The standard InChI is InChI=1S/C7H18NO5P/c1-3-12-14(9,4-2)13-7-10-5-6-11-8/h3-8H2,1-2H3. The van der Waals surface area contributed by atoms with E-state index >= 15 is 0 Å². The SMILES string of the molecule is CCOP(=O)(CC)OCOCCON. The summed E-state index contributed by atoms with van der Waals surface area (Å²) in [6.45, 7) is 4.35. The quantitative estimate of drug-likeness (QED) is 0.275. The second-order valence-electron chi connectivity index (χ2n) is 2.37. The molecule has 7 heteroatoms. The summed E-state index contributed by atoms with van der Waals surface area (Å²) in [7, 11) is -2.95. The highest BCUT2D eigenvalue weighted by Crippen LogP contribution is 2.47. The van der Waals surface area contributed by atoms with Gasteiger partial charge in [-0.3, -0.25) is 9.09 Å². The Morgan fingerprint density at radius 2 is 1.93 bits per heavy atom. The van der Waals surface area contributed by atoms with E-state index in [2.05, 4.69) is 4.84 Å². The summed E-state index contributed by atoms with van der Waals surface area (Å²) in [6.07, 6.45) is 0.331. The average molecular weight is 227 g/mol. The fourth-order valence-electron chi connectivity index (χ4n) is 0.700. The van der Waals surface area contributed by atoms with Crippen LogP contribution in [0.1, 0.15) is 13.8 Å². The fourth-order valence-corrected chi connectivity index (χ4v) is 1.77. The average Bonchev–Trinajstić information content (AvgIpc) is 2.18. The van der Waals surface area contributed by atoms with Gasteiger partial charge in [-0.15, -0.1) is 0 Å². The number of ether oxygens (including phenoxy) is 1. The molecule has 14 heavy (non-hydrogen) atoms. The first-order chi connectivity index (χ1) is 6.68. The first-order valence-corrected chi connectivity index (χ1v) is 6.19. The molecule has 1 atom stereocenters. The summed E-state index contributed by atoms with van der Waals surface area (Å²) in [6, 6.07) is 0. The number of hydrogen-bond acceptors (Lipinski definition) is 6. The van der Waals surface area contributed by atoms with Crippen molar-refractivity contribution in [3.63, 3.8) is 0 Å². The molecule has 0 aliphatic rings. The number of nitrogens with two attached hydrogens (primary N) is 1. The molecule has 0 aromatic rings. The number of hydrogen-bond donors (Lipinski definition) is 1. The molecule has 86 valence electrons. The minimum atomic E-state index is -2.95. The maximum atomic E-state index is 11.6. The molecule has 0 heterocycles. The van der Waals surface area contributed by atoms with Gasteiger partial charge in [0.25, 0.3) is 0 Å². The molecule has 0 aromatic heterocycles. The summed E-state index contributed by atoms with van der Waals surface area (Å²) in [5.41, 5.74) is 0. The van der Waals surface area contributed by atoms with E-state index in [1.54, 1.807) is 13.8 Å². The van der Waals surface area contributed by atoms with E-state index < -0.39 is 7.60 Å². The molecule has 0 rings (SSSR count). The lowest BCUT2D eigenvalue weighted by atomic mass is 10.8. The van der Waals surface area contributed by atoms with Gasteiger partial charge in [-0.2, -0.15) is 0 Å². The molecule has 0 amide bonds. The summed E-state index contributed by atoms with van der Waals surface area (Å²) in [5, 5.41) is 0. The molecule has 0 aromatic carbocycles. The maximum Gasteiger partial charge on any atom is 0.332 e. The Kier molecular flexibility index (Phi) is 8.37. The zero-order chi connectivity index (χ0) is 10.9. The largest absolute Gasteiger partial charge is 0.352 e. The van der Waals surface area contributed by atoms with Crippen LogP contribution in [0.4, 0.5) is 0 Å². The van der Waals surface area contributed by atoms with Crippen LogP contribution in [0.3, 0.4) is 0 Å². The highest BCUT2D eigenvalue weighted by Gasteiger charge is 2.20. The van der Waals surface area contributed by atoms with E-state index in [9.17, 15) is 4.57 Å². The van der Waals surface area contributed by atoms with Crippen LogP contribution < -0.4 is 5.90 Å². The van der Waals surface area contributed by atoms with Gasteiger partial charge in [0.1, 0.15) is 0 Å². The topological polar surface area (TPSA) is 80.0 Å². The lowest BCUT2D eigenvalue weighted by Crippen LogP contribution is -2.10. The Labute approximate surface area is 84.1 Å². The zero-order valence-corrected chi connectivity index (χ0v) is 9.50. The van der Waals surface area contributed by atoms with Gasteiger partial charge < -0.3 is 14.1 Å². The highest BCUT2D eigenvalue weighted by molar-refractivity contribution is 7.53. The summed E-state index contributed by atoms with van der Waals surface area (Å²) in [4.78, 5) is 4.27. The van der Waals surface area contributed by atoms with E-state index in [0.717, 1.165) is 0 Å². The molecule has 0 bridgehead atoms. The molecule has 1 unspecified atom stereocenters. The van der Waals surface area contributed by atoms with Gasteiger partial charge in [0.05, 0.1) is 19.8 Å². The van der Waals surface area contributed by atoms with Crippen molar-refractivity contribution < 1.29 is 23.2 Å².